The van der Waals surface area contributed by atoms with Crippen LogP contribution in [0.4, 0.5) is 8.78 Å². The van der Waals surface area contributed by atoms with Crippen molar-refractivity contribution in [2.24, 2.45) is 5.92 Å². The summed E-state index contributed by atoms with van der Waals surface area (Å²) >= 11 is 0. The van der Waals surface area contributed by atoms with Gasteiger partial charge in [0.15, 0.2) is 11.5 Å². The van der Waals surface area contributed by atoms with Crippen LogP contribution in [0.5, 0.6) is 0 Å². The van der Waals surface area contributed by atoms with Crippen LogP contribution in [0.15, 0.2) is 42.6 Å². The number of nitrogens with one attached hydrogen (secondary N) is 1. The van der Waals surface area contributed by atoms with Crippen LogP contribution in [0.3, 0.4) is 0 Å². The van der Waals surface area contributed by atoms with E-state index in [2.05, 4.69) is 15.4 Å². The minimum absolute atomic E-state index is 0.165. The quantitative estimate of drug-likeness (QED) is 0.731. The van der Waals surface area contributed by atoms with Gasteiger partial charge >= 0.3 is 0 Å². The van der Waals surface area contributed by atoms with Crippen LogP contribution in [0, 0.1) is 17.6 Å². The summed E-state index contributed by atoms with van der Waals surface area (Å²) < 4.78 is 29.3. The largest absolute Gasteiger partial charge is 0.340 e. The monoisotopic (exact) mass is 394 g/mol. The van der Waals surface area contributed by atoms with Crippen LogP contribution in [0.2, 0.25) is 0 Å². The lowest BCUT2D eigenvalue weighted by atomic mass is 9.99. The lowest BCUT2D eigenvalue weighted by Crippen LogP contribution is -2.42. The smallest absolute Gasteiger partial charge is 0.272 e. The van der Waals surface area contributed by atoms with E-state index in [-0.39, 0.29) is 17.5 Å². The third-order valence-electron chi connectivity index (χ3n) is 5.85. The number of carbonyl (C=O) groups is 1. The molecule has 148 valence electrons. The lowest BCUT2D eigenvalue weighted by Gasteiger charge is -2.25. The molecule has 2 heterocycles. The molecule has 7 heteroatoms. The van der Waals surface area contributed by atoms with Gasteiger partial charge in [-0.05, 0) is 56.9 Å². The molecular formula is C22H20F2N4O. The maximum absolute atomic E-state index is 14.4. The summed E-state index contributed by atoms with van der Waals surface area (Å²) in [6.45, 7) is 3.75. The Labute approximate surface area is 166 Å². The normalized spacial score (nSPS) is 19.6. The third kappa shape index (κ3) is 2.92. The van der Waals surface area contributed by atoms with Crippen molar-refractivity contribution in [3.63, 3.8) is 0 Å². The van der Waals surface area contributed by atoms with Crippen LogP contribution in [0.1, 0.15) is 53.6 Å². The van der Waals surface area contributed by atoms with E-state index in [9.17, 15) is 13.6 Å². The fourth-order valence-corrected chi connectivity index (χ4v) is 4.27. The number of pyridine rings is 1. The summed E-state index contributed by atoms with van der Waals surface area (Å²) in [5.41, 5.74) is 2.25. The lowest BCUT2D eigenvalue weighted by molar-refractivity contribution is 0.0903. The summed E-state index contributed by atoms with van der Waals surface area (Å²) in [7, 11) is 0. The summed E-state index contributed by atoms with van der Waals surface area (Å²) in [5, 5.41) is 7.47. The number of aromatic nitrogens is 3. The SMILES string of the molecule is CC(C)(NC(=O)c1nn(-c2ccc(F)cc2F)c2c1C[C@H]1C[C@@H]21)c1ccccn1. The summed E-state index contributed by atoms with van der Waals surface area (Å²) in [4.78, 5) is 17.5. The molecular weight excluding hydrogens is 374 g/mol. The first-order chi connectivity index (χ1) is 13.8. The van der Waals surface area contributed by atoms with Gasteiger partial charge < -0.3 is 5.32 Å². The molecule has 0 saturated heterocycles. The molecule has 1 fully saturated rings. The van der Waals surface area contributed by atoms with Crippen molar-refractivity contribution in [2.45, 2.75) is 38.1 Å². The predicted molar refractivity (Wildman–Crippen MR) is 103 cm³/mol. The first kappa shape index (κ1) is 18.0. The molecule has 2 aromatic heterocycles. The Hall–Kier alpha value is -3.09. The van der Waals surface area contributed by atoms with Crippen LogP contribution in [0.25, 0.3) is 5.69 Å². The van der Waals surface area contributed by atoms with E-state index >= 15 is 0 Å². The zero-order valence-corrected chi connectivity index (χ0v) is 16.1. The number of halogens is 2. The van der Waals surface area contributed by atoms with Crippen molar-refractivity contribution in [3.05, 3.63) is 76.9 Å². The number of fused-ring (bicyclic) bond motifs is 3. The first-order valence-electron chi connectivity index (χ1n) is 9.66. The van der Waals surface area contributed by atoms with E-state index in [1.54, 1.807) is 6.20 Å². The van der Waals surface area contributed by atoms with E-state index in [0.717, 1.165) is 35.9 Å². The van der Waals surface area contributed by atoms with Crippen molar-refractivity contribution < 1.29 is 13.6 Å². The van der Waals surface area contributed by atoms with Crippen molar-refractivity contribution in [1.82, 2.24) is 20.1 Å². The van der Waals surface area contributed by atoms with Crippen LogP contribution in [-0.2, 0) is 12.0 Å². The molecule has 0 spiro atoms. The molecule has 1 saturated carbocycles. The van der Waals surface area contributed by atoms with Crippen molar-refractivity contribution in [1.29, 1.82) is 0 Å². The molecule has 0 aliphatic heterocycles. The standard InChI is InChI=1S/C22H20F2N4O/c1-22(2,18-5-3-4-8-25-18)26-21(29)19-15-10-12-9-14(12)20(15)28(27-19)17-7-6-13(23)11-16(17)24/h3-8,11-12,14H,9-10H2,1-2H3,(H,26,29)/t12-,14-/m1/s1. The molecule has 5 nitrogen and oxygen atoms in total. The van der Waals surface area contributed by atoms with Gasteiger partial charge in [0.1, 0.15) is 11.5 Å². The molecule has 2 aliphatic rings. The molecule has 0 bridgehead atoms. The number of carbonyl (C=O) groups excluding carboxylic acids is 1. The molecule has 2 atom stereocenters. The maximum Gasteiger partial charge on any atom is 0.272 e. The second-order valence-corrected chi connectivity index (χ2v) is 8.32. The zero-order chi connectivity index (χ0) is 20.3. The second kappa shape index (κ2) is 6.20. The summed E-state index contributed by atoms with van der Waals surface area (Å²) in [6, 6.07) is 8.95. The molecule has 1 amide bonds. The molecule has 5 rings (SSSR count). The average Bonchev–Trinajstić information content (AvgIpc) is 3.18. The number of benzene rings is 1. The molecule has 0 radical (unpaired) electrons. The Kier molecular flexibility index (Phi) is 3.84. The van der Waals surface area contributed by atoms with Crippen molar-refractivity contribution in [2.75, 3.05) is 0 Å². The van der Waals surface area contributed by atoms with E-state index in [1.807, 2.05) is 32.0 Å². The van der Waals surface area contributed by atoms with Crippen LogP contribution in [-0.4, -0.2) is 20.7 Å². The fraction of sp³-hybridized carbons (Fsp3) is 0.318. The molecule has 1 N–H and O–H groups in total. The first-order valence-corrected chi connectivity index (χ1v) is 9.66. The van der Waals surface area contributed by atoms with E-state index < -0.39 is 17.2 Å². The molecule has 29 heavy (non-hydrogen) atoms. The Morgan fingerprint density at radius 1 is 1.24 bits per heavy atom. The zero-order valence-electron chi connectivity index (χ0n) is 16.1. The Morgan fingerprint density at radius 3 is 2.79 bits per heavy atom. The van der Waals surface area contributed by atoms with E-state index in [4.69, 9.17) is 0 Å². The molecule has 1 aromatic carbocycles. The highest BCUT2D eigenvalue weighted by Crippen LogP contribution is 2.57. The highest BCUT2D eigenvalue weighted by molar-refractivity contribution is 5.95. The fourth-order valence-electron chi connectivity index (χ4n) is 4.27. The highest BCUT2D eigenvalue weighted by Gasteiger charge is 2.50. The predicted octanol–water partition coefficient (Wildman–Crippen LogP) is 3.87. The Balaban J connectivity index is 1.53. The van der Waals surface area contributed by atoms with Crippen molar-refractivity contribution >= 4 is 5.91 Å². The van der Waals surface area contributed by atoms with Gasteiger partial charge in [0, 0.05) is 23.7 Å². The number of amides is 1. The minimum Gasteiger partial charge on any atom is -0.340 e. The highest BCUT2D eigenvalue weighted by atomic mass is 19.1. The van der Waals surface area contributed by atoms with Gasteiger partial charge in [-0.1, -0.05) is 6.07 Å². The van der Waals surface area contributed by atoms with E-state index in [0.29, 0.717) is 11.6 Å². The van der Waals surface area contributed by atoms with Gasteiger partial charge in [0.25, 0.3) is 5.91 Å². The molecule has 3 aromatic rings. The minimum atomic E-state index is -0.697. The topological polar surface area (TPSA) is 59.8 Å². The van der Waals surface area contributed by atoms with Gasteiger partial charge in [-0.15, -0.1) is 0 Å². The number of hydrogen-bond donors (Lipinski definition) is 1. The molecule has 2 aliphatic carbocycles. The Bertz CT molecular complexity index is 1120. The van der Waals surface area contributed by atoms with Gasteiger partial charge in [0.2, 0.25) is 0 Å². The number of hydrogen-bond acceptors (Lipinski definition) is 3. The second-order valence-electron chi connectivity index (χ2n) is 8.32. The average molecular weight is 394 g/mol. The Morgan fingerprint density at radius 2 is 2.07 bits per heavy atom. The summed E-state index contributed by atoms with van der Waals surface area (Å²) in [5.74, 6) is -0.894. The third-order valence-corrected chi connectivity index (χ3v) is 5.85. The van der Waals surface area contributed by atoms with Crippen LogP contribution < -0.4 is 5.32 Å². The molecule has 0 unspecified atom stereocenters. The van der Waals surface area contributed by atoms with E-state index in [1.165, 1.54) is 16.8 Å². The summed E-state index contributed by atoms with van der Waals surface area (Å²) in [6.07, 6.45) is 3.46. The van der Waals surface area contributed by atoms with Crippen molar-refractivity contribution in [3.8, 4) is 5.69 Å². The van der Waals surface area contributed by atoms with Gasteiger partial charge in [-0.25, -0.2) is 13.5 Å². The van der Waals surface area contributed by atoms with Gasteiger partial charge in [-0.2, -0.15) is 5.10 Å². The number of rotatable bonds is 4. The maximum atomic E-state index is 14.4. The number of nitrogens with zero attached hydrogens (tertiary/aromatic N) is 3. The van der Waals surface area contributed by atoms with Gasteiger partial charge in [0.05, 0.1) is 16.9 Å². The van der Waals surface area contributed by atoms with Crippen LogP contribution >= 0.6 is 0 Å². The van der Waals surface area contributed by atoms with Gasteiger partial charge in [-0.3, -0.25) is 9.78 Å².